The Labute approximate surface area is 234 Å². The van der Waals surface area contributed by atoms with Gasteiger partial charge in [-0.3, -0.25) is 4.98 Å². The Hall–Kier alpha value is -2.98. The molecule has 3 nitrogen and oxygen atoms in total. The zero-order valence-electron chi connectivity index (χ0n) is 22.3. The van der Waals surface area contributed by atoms with Crippen molar-refractivity contribution in [1.82, 2.24) is 9.88 Å². The number of aromatic nitrogens is 1. The normalized spacial score (nSPS) is 15.5. The van der Waals surface area contributed by atoms with E-state index in [4.69, 9.17) is 9.72 Å². The zero-order chi connectivity index (χ0) is 25.4. The highest BCUT2D eigenvalue weighted by molar-refractivity contribution is 5.85. The molecule has 5 rings (SSSR count). The molecule has 1 saturated heterocycles. The van der Waals surface area contributed by atoms with Gasteiger partial charge in [0.15, 0.2) is 0 Å². The molecule has 4 aromatic rings. The van der Waals surface area contributed by atoms with Gasteiger partial charge in [-0.25, -0.2) is 0 Å². The maximum absolute atomic E-state index is 6.03. The monoisotopic (exact) mass is 526 g/mol. The summed E-state index contributed by atoms with van der Waals surface area (Å²) in [5, 5.41) is 0. The molecule has 198 valence electrons. The summed E-state index contributed by atoms with van der Waals surface area (Å²) >= 11 is 0. The van der Waals surface area contributed by atoms with E-state index < -0.39 is 0 Å². The summed E-state index contributed by atoms with van der Waals surface area (Å²) in [6.45, 7) is 6.82. The van der Waals surface area contributed by atoms with Crippen LogP contribution < -0.4 is 0 Å². The van der Waals surface area contributed by atoms with Crippen molar-refractivity contribution in [3.05, 3.63) is 138 Å². The Balaban J connectivity index is 0.00000336. The molecule has 0 N–H and O–H groups in total. The number of piperidine rings is 1. The average Bonchev–Trinajstić information content (AvgIpc) is 2.99. The van der Waals surface area contributed by atoms with E-state index >= 15 is 0 Å². The number of ether oxygens (including phenoxy) is 1. The van der Waals surface area contributed by atoms with Crippen LogP contribution in [0.2, 0.25) is 0 Å². The molecular weight excluding hydrogens is 488 g/mol. The van der Waals surface area contributed by atoms with E-state index in [-0.39, 0.29) is 23.2 Å². The van der Waals surface area contributed by atoms with Crippen molar-refractivity contribution in [2.45, 2.75) is 37.0 Å². The van der Waals surface area contributed by atoms with Crippen LogP contribution in [0.25, 0.3) is 0 Å². The first kappa shape index (κ1) is 28.0. The third-order valence-corrected chi connectivity index (χ3v) is 8.22. The van der Waals surface area contributed by atoms with Gasteiger partial charge in [-0.1, -0.05) is 97.1 Å². The van der Waals surface area contributed by atoms with Crippen molar-refractivity contribution in [1.29, 1.82) is 0 Å². The Morgan fingerprint density at radius 3 is 1.84 bits per heavy atom. The van der Waals surface area contributed by atoms with E-state index in [9.17, 15) is 0 Å². The van der Waals surface area contributed by atoms with Crippen LogP contribution in [0.3, 0.4) is 0 Å². The quantitative estimate of drug-likeness (QED) is 0.217. The van der Waals surface area contributed by atoms with E-state index in [2.05, 4.69) is 115 Å². The van der Waals surface area contributed by atoms with Gasteiger partial charge in [0.1, 0.15) is 0 Å². The van der Waals surface area contributed by atoms with Crippen LogP contribution in [0.4, 0.5) is 0 Å². The van der Waals surface area contributed by atoms with Crippen molar-refractivity contribution in [3.8, 4) is 0 Å². The fraction of sp³-hybridized carbons (Fsp3) is 0.324. The van der Waals surface area contributed by atoms with Crippen LogP contribution in [0.15, 0.2) is 115 Å². The number of rotatable bonds is 10. The molecule has 0 radical (unpaired) electrons. The first-order chi connectivity index (χ1) is 18.3. The minimum atomic E-state index is -0.303. The Kier molecular flexibility index (Phi) is 9.74. The lowest BCUT2D eigenvalue weighted by molar-refractivity contribution is 0.0495. The highest BCUT2D eigenvalue weighted by Crippen LogP contribution is 2.42. The molecule has 1 aliphatic heterocycles. The molecule has 3 aromatic carbocycles. The molecule has 0 unspecified atom stereocenters. The first-order valence-corrected chi connectivity index (χ1v) is 13.6. The summed E-state index contributed by atoms with van der Waals surface area (Å²) in [5.41, 5.74) is 4.92. The lowest BCUT2D eigenvalue weighted by Gasteiger charge is -2.43. The van der Waals surface area contributed by atoms with E-state index in [1.54, 1.807) is 0 Å². The summed E-state index contributed by atoms with van der Waals surface area (Å²) in [6, 6.07) is 39.2. The third-order valence-electron chi connectivity index (χ3n) is 8.22. The van der Waals surface area contributed by atoms with Crippen molar-refractivity contribution < 1.29 is 4.74 Å². The number of hydrogen-bond acceptors (Lipinski definition) is 3. The molecule has 0 saturated carbocycles. The zero-order valence-corrected chi connectivity index (χ0v) is 23.2. The van der Waals surface area contributed by atoms with Gasteiger partial charge in [0.05, 0.1) is 17.7 Å². The maximum atomic E-state index is 6.03. The van der Waals surface area contributed by atoms with Gasteiger partial charge in [0.25, 0.3) is 0 Å². The smallest absolute Gasteiger partial charge is 0.0635 e. The van der Waals surface area contributed by atoms with Crippen LogP contribution in [-0.4, -0.2) is 42.7 Å². The molecule has 1 aromatic heterocycles. The van der Waals surface area contributed by atoms with Crippen molar-refractivity contribution in [3.63, 3.8) is 0 Å². The molecule has 2 heterocycles. The molecule has 0 amide bonds. The lowest BCUT2D eigenvalue weighted by atomic mass is 9.69. The van der Waals surface area contributed by atoms with Crippen LogP contribution in [0.1, 0.15) is 48.6 Å². The van der Waals surface area contributed by atoms with Gasteiger partial charge in [-0.15, -0.1) is 12.4 Å². The molecule has 4 heteroatoms. The predicted molar refractivity (Wildman–Crippen MR) is 159 cm³/mol. The average molecular weight is 527 g/mol. The largest absolute Gasteiger partial charge is 0.381 e. The summed E-state index contributed by atoms with van der Waals surface area (Å²) in [7, 11) is 0. The molecule has 1 fully saturated rings. The Morgan fingerprint density at radius 1 is 0.763 bits per heavy atom. The SMILES string of the molecule is CCOCC1(c2ccccc2)CCN(CCC(c2ccccc2)(c2ccccc2)c2ccccn2)CC1.Cl. The van der Waals surface area contributed by atoms with E-state index in [0.29, 0.717) is 0 Å². The van der Waals surface area contributed by atoms with Crippen molar-refractivity contribution in [2.75, 3.05) is 32.8 Å². The van der Waals surface area contributed by atoms with Crippen LogP contribution in [-0.2, 0) is 15.6 Å². The van der Waals surface area contributed by atoms with E-state index in [0.717, 1.165) is 57.8 Å². The standard InChI is InChI=1S/C34H38N2O.ClH/c1-2-37-28-33(29-14-6-3-7-15-29)21-25-36(26-22-33)27-23-34(30-16-8-4-9-17-30,31-18-10-5-11-19-31)32-20-12-13-24-35-32;/h3-20,24H,2,21-23,25-28H2,1H3;1H. The van der Waals surface area contributed by atoms with Crippen LogP contribution in [0, 0.1) is 0 Å². The summed E-state index contributed by atoms with van der Waals surface area (Å²) < 4.78 is 6.03. The maximum Gasteiger partial charge on any atom is 0.0635 e. The van der Waals surface area contributed by atoms with E-state index in [1.165, 1.54) is 16.7 Å². The first-order valence-electron chi connectivity index (χ1n) is 13.6. The molecular formula is C34H39ClN2O. The van der Waals surface area contributed by atoms with E-state index in [1.807, 2.05) is 12.3 Å². The lowest BCUT2D eigenvalue weighted by Crippen LogP contribution is -2.46. The van der Waals surface area contributed by atoms with Crippen LogP contribution >= 0.6 is 12.4 Å². The molecule has 0 atom stereocenters. The number of pyridine rings is 1. The summed E-state index contributed by atoms with van der Waals surface area (Å²) in [5.74, 6) is 0. The second kappa shape index (κ2) is 13.2. The van der Waals surface area contributed by atoms with Gasteiger partial charge >= 0.3 is 0 Å². The highest BCUT2D eigenvalue weighted by atomic mass is 35.5. The minimum Gasteiger partial charge on any atom is -0.381 e. The number of hydrogen-bond donors (Lipinski definition) is 0. The Morgan fingerprint density at radius 2 is 1.32 bits per heavy atom. The second-order valence-corrected chi connectivity index (χ2v) is 10.2. The summed E-state index contributed by atoms with van der Waals surface area (Å²) in [6.07, 6.45) is 5.13. The summed E-state index contributed by atoms with van der Waals surface area (Å²) in [4.78, 5) is 7.58. The number of nitrogens with zero attached hydrogens (tertiary/aromatic N) is 2. The van der Waals surface area contributed by atoms with Gasteiger partial charge in [0.2, 0.25) is 0 Å². The van der Waals surface area contributed by atoms with Gasteiger partial charge in [-0.2, -0.15) is 0 Å². The molecule has 0 spiro atoms. The van der Waals surface area contributed by atoms with Gasteiger partial charge in [0, 0.05) is 18.2 Å². The number of halogens is 1. The van der Waals surface area contributed by atoms with Gasteiger partial charge in [-0.05, 0) is 74.6 Å². The topological polar surface area (TPSA) is 25.4 Å². The predicted octanol–water partition coefficient (Wildman–Crippen LogP) is 7.30. The fourth-order valence-electron chi connectivity index (χ4n) is 6.08. The molecule has 1 aliphatic rings. The number of likely N-dealkylation sites (tertiary alicyclic amines) is 1. The number of benzene rings is 3. The van der Waals surface area contributed by atoms with Crippen molar-refractivity contribution >= 4 is 12.4 Å². The molecule has 38 heavy (non-hydrogen) atoms. The third kappa shape index (κ3) is 5.86. The molecule has 0 bridgehead atoms. The van der Waals surface area contributed by atoms with Gasteiger partial charge < -0.3 is 9.64 Å². The minimum absolute atomic E-state index is 0. The van der Waals surface area contributed by atoms with Crippen LogP contribution in [0.5, 0.6) is 0 Å². The Bertz CT molecular complexity index is 1110. The second-order valence-electron chi connectivity index (χ2n) is 10.2. The highest BCUT2D eigenvalue weighted by Gasteiger charge is 2.40. The molecule has 0 aliphatic carbocycles. The van der Waals surface area contributed by atoms with Crippen molar-refractivity contribution in [2.24, 2.45) is 0 Å². The fourth-order valence-corrected chi connectivity index (χ4v) is 6.08.